The number of nitrogens with zero attached hydrogens (tertiary/aromatic N) is 3. The number of ether oxygens (including phenoxy) is 1. The molecular weight excluding hydrogens is 282 g/mol. The Morgan fingerprint density at radius 2 is 2.05 bits per heavy atom. The zero-order valence-corrected chi connectivity index (χ0v) is 12.2. The van der Waals surface area contributed by atoms with Crippen LogP contribution < -0.4 is 4.74 Å². The molecule has 0 unspecified atom stereocenters. The third kappa shape index (κ3) is 3.07. The van der Waals surface area contributed by atoms with Gasteiger partial charge in [0.2, 0.25) is 0 Å². The van der Waals surface area contributed by atoms with Gasteiger partial charge < -0.3 is 14.7 Å². The van der Waals surface area contributed by atoms with Gasteiger partial charge in [-0.15, -0.1) is 0 Å². The Balaban J connectivity index is 1.69. The lowest BCUT2D eigenvalue weighted by Crippen LogP contribution is -2.31. The zero-order chi connectivity index (χ0) is 15.5. The van der Waals surface area contributed by atoms with Crippen molar-refractivity contribution in [2.24, 2.45) is 0 Å². The number of aryl methyl sites for hydroxylation is 1. The van der Waals surface area contributed by atoms with Gasteiger partial charge in [0, 0.05) is 6.20 Å². The topological polar surface area (TPSA) is 75.6 Å². The highest BCUT2D eigenvalue weighted by atomic mass is 16.5. The van der Waals surface area contributed by atoms with Crippen molar-refractivity contribution in [2.75, 3.05) is 13.1 Å². The monoisotopic (exact) mass is 299 g/mol. The first kappa shape index (κ1) is 14.5. The molecule has 2 heterocycles. The van der Waals surface area contributed by atoms with E-state index in [-0.39, 0.29) is 12.5 Å². The third-order valence-corrected chi connectivity index (χ3v) is 3.55. The van der Waals surface area contributed by atoms with Crippen LogP contribution in [-0.2, 0) is 0 Å². The number of carbonyl (C=O) groups is 1. The second-order valence-corrected chi connectivity index (χ2v) is 5.24. The number of hydrogen-bond acceptors (Lipinski definition) is 5. The summed E-state index contributed by atoms with van der Waals surface area (Å²) in [7, 11) is 0. The lowest BCUT2D eigenvalue weighted by atomic mass is 10.2. The molecule has 1 fully saturated rings. The fraction of sp³-hybridized carbons (Fsp3) is 0.312. The van der Waals surface area contributed by atoms with Crippen LogP contribution in [0.4, 0.5) is 0 Å². The van der Waals surface area contributed by atoms with Gasteiger partial charge in [-0.2, -0.15) is 0 Å². The molecule has 6 nitrogen and oxygen atoms in total. The molecule has 1 aromatic heterocycles. The number of β-amino-alcohol motifs (C(OH)–C–C–N with tert-alkyl or cyclic N) is 1. The lowest BCUT2D eigenvalue weighted by molar-refractivity contribution is 0.0728. The van der Waals surface area contributed by atoms with E-state index in [9.17, 15) is 9.90 Å². The Labute approximate surface area is 128 Å². The summed E-state index contributed by atoms with van der Waals surface area (Å²) in [4.78, 5) is 22.1. The van der Waals surface area contributed by atoms with Gasteiger partial charge in [-0.1, -0.05) is 18.2 Å². The fourth-order valence-electron chi connectivity index (χ4n) is 2.45. The summed E-state index contributed by atoms with van der Waals surface area (Å²) in [6.45, 7) is 2.30. The molecule has 114 valence electrons. The molecule has 1 amide bonds. The number of amides is 1. The first-order chi connectivity index (χ1) is 10.6. The van der Waals surface area contributed by atoms with Gasteiger partial charge in [-0.05, 0) is 25.1 Å². The second kappa shape index (κ2) is 6.11. The maximum atomic E-state index is 12.4. The van der Waals surface area contributed by atoms with Gasteiger partial charge in [0.1, 0.15) is 29.5 Å². The molecule has 1 N–H and O–H groups in total. The van der Waals surface area contributed by atoms with Gasteiger partial charge in [-0.3, -0.25) is 4.79 Å². The summed E-state index contributed by atoms with van der Waals surface area (Å²) < 4.78 is 5.75. The van der Waals surface area contributed by atoms with Crippen LogP contribution in [0.2, 0.25) is 0 Å². The fourth-order valence-corrected chi connectivity index (χ4v) is 2.45. The molecule has 2 atom stereocenters. The highest BCUT2D eigenvalue weighted by Gasteiger charge is 2.36. The molecule has 0 aliphatic carbocycles. The van der Waals surface area contributed by atoms with Gasteiger partial charge >= 0.3 is 0 Å². The van der Waals surface area contributed by atoms with Crippen molar-refractivity contribution in [1.82, 2.24) is 14.9 Å². The Morgan fingerprint density at radius 3 is 2.77 bits per heavy atom. The van der Waals surface area contributed by atoms with Crippen LogP contribution >= 0.6 is 0 Å². The maximum Gasteiger partial charge on any atom is 0.272 e. The van der Waals surface area contributed by atoms with Crippen LogP contribution in [0.1, 0.15) is 16.3 Å². The van der Waals surface area contributed by atoms with E-state index in [2.05, 4.69) is 9.97 Å². The molecule has 2 aromatic rings. The number of benzene rings is 1. The lowest BCUT2D eigenvalue weighted by Gasteiger charge is -2.17. The van der Waals surface area contributed by atoms with Crippen LogP contribution in [0.5, 0.6) is 5.75 Å². The van der Waals surface area contributed by atoms with E-state index in [0.717, 1.165) is 0 Å². The molecule has 6 heteroatoms. The van der Waals surface area contributed by atoms with Crippen molar-refractivity contribution < 1.29 is 14.6 Å². The Morgan fingerprint density at radius 1 is 1.27 bits per heavy atom. The van der Waals surface area contributed by atoms with Crippen molar-refractivity contribution in [1.29, 1.82) is 0 Å². The molecule has 1 aliphatic rings. The normalized spacial score (nSPS) is 20.9. The number of carbonyl (C=O) groups excluding carboxylic acids is 1. The van der Waals surface area contributed by atoms with E-state index in [1.165, 1.54) is 0 Å². The summed E-state index contributed by atoms with van der Waals surface area (Å²) in [6.07, 6.45) is 0.404. The second-order valence-electron chi connectivity index (χ2n) is 5.24. The quantitative estimate of drug-likeness (QED) is 0.917. The molecule has 1 saturated heterocycles. The number of hydrogen-bond donors (Lipinski definition) is 1. The molecule has 1 aromatic carbocycles. The van der Waals surface area contributed by atoms with Crippen molar-refractivity contribution in [2.45, 2.75) is 19.1 Å². The van der Waals surface area contributed by atoms with E-state index in [1.807, 2.05) is 30.3 Å². The highest BCUT2D eigenvalue weighted by molar-refractivity contribution is 5.92. The van der Waals surface area contributed by atoms with Gasteiger partial charge in [0.25, 0.3) is 5.91 Å². The van der Waals surface area contributed by atoms with E-state index in [0.29, 0.717) is 23.8 Å². The number of rotatable bonds is 3. The average molecular weight is 299 g/mol. The standard InChI is InChI=1S/C16H17N3O3/c1-11-17-8-7-13(18-11)16(21)19-9-14(20)15(10-19)22-12-5-3-2-4-6-12/h2-8,14-15,20H,9-10H2,1H3/t14-,15-/m1/s1. The van der Waals surface area contributed by atoms with E-state index >= 15 is 0 Å². The molecule has 0 saturated carbocycles. The first-order valence-corrected chi connectivity index (χ1v) is 7.12. The smallest absolute Gasteiger partial charge is 0.272 e. The minimum atomic E-state index is -0.716. The predicted octanol–water partition coefficient (Wildman–Crippen LogP) is 1.05. The highest BCUT2D eigenvalue weighted by Crippen LogP contribution is 2.19. The predicted molar refractivity (Wildman–Crippen MR) is 79.5 cm³/mol. The van der Waals surface area contributed by atoms with E-state index in [1.54, 1.807) is 24.1 Å². The van der Waals surface area contributed by atoms with E-state index < -0.39 is 12.2 Å². The van der Waals surface area contributed by atoms with Crippen LogP contribution in [0.15, 0.2) is 42.6 Å². The number of aliphatic hydroxyl groups is 1. The molecule has 1 aliphatic heterocycles. The van der Waals surface area contributed by atoms with Gasteiger partial charge in [0.15, 0.2) is 0 Å². The summed E-state index contributed by atoms with van der Waals surface area (Å²) in [5.41, 5.74) is 0.333. The van der Waals surface area contributed by atoms with Crippen LogP contribution in [0.25, 0.3) is 0 Å². The number of aliphatic hydroxyl groups excluding tert-OH is 1. The largest absolute Gasteiger partial charge is 0.486 e. The minimum absolute atomic E-state index is 0.219. The average Bonchev–Trinajstić information content (AvgIpc) is 2.88. The summed E-state index contributed by atoms with van der Waals surface area (Å²) in [5, 5.41) is 10.1. The third-order valence-electron chi connectivity index (χ3n) is 3.55. The maximum absolute atomic E-state index is 12.4. The summed E-state index contributed by atoms with van der Waals surface area (Å²) >= 11 is 0. The van der Waals surface area contributed by atoms with Crippen LogP contribution in [0, 0.1) is 6.92 Å². The molecule has 0 spiro atoms. The SMILES string of the molecule is Cc1nccc(C(=O)N2C[C@@H](O)[C@H](Oc3ccccc3)C2)n1. The number of para-hydroxylation sites is 1. The molecule has 0 bridgehead atoms. The Kier molecular flexibility index (Phi) is 4.02. The summed E-state index contributed by atoms with van der Waals surface area (Å²) in [5.74, 6) is 1.00. The Hall–Kier alpha value is -2.47. The van der Waals surface area contributed by atoms with Crippen molar-refractivity contribution in [3.05, 3.63) is 54.1 Å². The van der Waals surface area contributed by atoms with Crippen molar-refractivity contribution in [3.8, 4) is 5.75 Å². The number of likely N-dealkylation sites (tertiary alicyclic amines) is 1. The van der Waals surface area contributed by atoms with E-state index in [4.69, 9.17) is 4.74 Å². The molecule has 0 radical (unpaired) electrons. The molecule has 22 heavy (non-hydrogen) atoms. The van der Waals surface area contributed by atoms with Gasteiger partial charge in [0.05, 0.1) is 13.1 Å². The molecular formula is C16H17N3O3. The van der Waals surface area contributed by atoms with Gasteiger partial charge in [-0.25, -0.2) is 9.97 Å². The first-order valence-electron chi connectivity index (χ1n) is 7.12. The Bertz CT molecular complexity index is 663. The summed E-state index contributed by atoms with van der Waals surface area (Å²) in [6, 6.07) is 10.8. The van der Waals surface area contributed by atoms with Crippen LogP contribution in [-0.4, -0.2) is 51.2 Å². The number of aromatic nitrogens is 2. The zero-order valence-electron chi connectivity index (χ0n) is 12.2. The minimum Gasteiger partial charge on any atom is -0.486 e. The van der Waals surface area contributed by atoms with Crippen molar-refractivity contribution in [3.63, 3.8) is 0 Å². The van der Waals surface area contributed by atoms with Crippen LogP contribution in [0.3, 0.4) is 0 Å². The molecule has 3 rings (SSSR count). The van der Waals surface area contributed by atoms with Crippen molar-refractivity contribution >= 4 is 5.91 Å².